The quantitative estimate of drug-likeness (QED) is 0.605. The van der Waals surface area contributed by atoms with Crippen LogP contribution in [0.3, 0.4) is 0 Å². The number of thiophene rings is 1. The first-order valence-electron chi connectivity index (χ1n) is 10.4. The van der Waals surface area contributed by atoms with E-state index in [1.807, 2.05) is 36.3 Å². The first-order chi connectivity index (χ1) is 15.1. The number of ether oxygens (including phenoxy) is 1. The van der Waals surface area contributed by atoms with E-state index >= 15 is 0 Å². The van der Waals surface area contributed by atoms with Gasteiger partial charge in [0, 0.05) is 31.8 Å². The van der Waals surface area contributed by atoms with Gasteiger partial charge in [-0.2, -0.15) is 0 Å². The van der Waals surface area contributed by atoms with Crippen molar-refractivity contribution in [3.05, 3.63) is 41.8 Å². The van der Waals surface area contributed by atoms with Crippen LogP contribution in [0.5, 0.6) is 0 Å². The number of hydrogen-bond donors (Lipinski definition) is 2. The highest BCUT2D eigenvalue weighted by Gasteiger charge is 2.64. The molecule has 3 aromatic heterocycles. The molecule has 1 aliphatic carbocycles. The van der Waals surface area contributed by atoms with Gasteiger partial charge in [0.2, 0.25) is 0 Å². The van der Waals surface area contributed by atoms with E-state index in [1.165, 1.54) is 0 Å². The Morgan fingerprint density at radius 1 is 1.42 bits per heavy atom. The largest absolute Gasteiger partial charge is 0.391 e. The maximum atomic E-state index is 10.7. The van der Waals surface area contributed by atoms with Crippen molar-refractivity contribution in [2.75, 3.05) is 6.54 Å². The molecule has 162 valence electrons. The van der Waals surface area contributed by atoms with E-state index in [4.69, 9.17) is 4.74 Å². The fraction of sp³-hybridized carbons (Fsp3) is 0.500. The predicted molar refractivity (Wildman–Crippen MR) is 119 cm³/mol. The van der Waals surface area contributed by atoms with Gasteiger partial charge in [0.25, 0.3) is 0 Å². The van der Waals surface area contributed by atoms with Crippen LogP contribution in [0.25, 0.3) is 10.7 Å². The topological polar surface area (TPSA) is 102 Å². The highest BCUT2D eigenvalue weighted by molar-refractivity contribution is 8.14. The summed E-state index contributed by atoms with van der Waals surface area (Å²) >= 11 is 3.24. The number of amidine groups is 1. The van der Waals surface area contributed by atoms with E-state index in [9.17, 15) is 5.11 Å². The summed E-state index contributed by atoms with van der Waals surface area (Å²) in [5.74, 6) is 0.938. The Morgan fingerprint density at radius 3 is 3.19 bits per heavy atom. The normalized spacial score (nSPS) is 33.0. The van der Waals surface area contributed by atoms with Gasteiger partial charge in [-0.1, -0.05) is 23.0 Å². The number of rotatable bonds is 5. The summed E-state index contributed by atoms with van der Waals surface area (Å²) in [6.45, 7) is 3.33. The van der Waals surface area contributed by atoms with E-state index in [-0.39, 0.29) is 23.1 Å². The van der Waals surface area contributed by atoms with Crippen molar-refractivity contribution in [1.82, 2.24) is 29.9 Å². The van der Waals surface area contributed by atoms with Crippen LogP contribution < -0.4 is 5.32 Å². The summed E-state index contributed by atoms with van der Waals surface area (Å²) in [7, 11) is 0. The number of nitrogens with one attached hydrogen (secondary N) is 1. The molecular weight excluding hydrogens is 434 g/mol. The molecule has 6 rings (SSSR count). The Morgan fingerprint density at radius 2 is 2.35 bits per heavy atom. The molecule has 2 N–H and O–H groups in total. The molecule has 2 aliphatic heterocycles. The molecule has 11 heteroatoms. The number of aliphatic hydroxyl groups is 1. The molecule has 3 aromatic rings. The lowest BCUT2D eigenvalue weighted by atomic mass is 9.99. The summed E-state index contributed by atoms with van der Waals surface area (Å²) in [6.07, 6.45) is 6.72. The van der Waals surface area contributed by atoms with E-state index in [0.29, 0.717) is 19.5 Å². The van der Waals surface area contributed by atoms with Crippen LogP contribution in [0, 0.1) is 0 Å². The molecule has 1 spiro atoms. The van der Waals surface area contributed by atoms with Gasteiger partial charge in [0.05, 0.1) is 41.4 Å². The van der Waals surface area contributed by atoms with Crippen molar-refractivity contribution in [2.45, 2.75) is 55.5 Å². The molecule has 3 fully saturated rings. The maximum Gasteiger partial charge on any atom is 0.159 e. The van der Waals surface area contributed by atoms with Crippen molar-refractivity contribution >= 4 is 28.3 Å². The second kappa shape index (κ2) is 7.44. The van der Waals surface area contributed by atoms with Gasteiger partial charge in [-0.3, -0.25) is 4.99 Å². The fourth-order valence-corrected chi connectivity index (χ4v) is 6.52. The summed E-state index contributed by atoms with van der Waals surface area (Å²) in [5.41, 5.74) is 0.377. The smallest absolute Gasteiger partial charge is 0.159 e. The lowest BCUT2D eigenvalue weighted by molar-refractivity contribution is -0.0962. The zero-order valence-electron chi connectivity index (χ0n) is 17.0. The monoisotopic (exact) mass is 457 g/mol. The lowest BCUT2D eigenvalue weighted by Crippen LogP contribution is -2.51. The summed E-state index contributed by atoms with van der Waals surface area (Å²) in [4.78, 5) is 10.1. The highest BCUT2D eigenvalue weighted by atomic mass is 32.2. The van der Waals surface area contributed by atoms with Crippen LogP contribution in [-0.4, -0.2) is 64.5 Å². The molecular formula is C20H23N7O2S2. The van der Waals surface area contributed by atoms with Crippen molar-refractivity contribution in [2.24, 2.45) is 4.99 Å². The lowest BCUT2D eigenvalue weighted by Gasteiger charge is -2.35. The summed E-state index contributed by atoms with van der Waals surface area (Å²) in [5, 5.41) is 25.7. The minimum Gasteiger partial charge on any atom is -0.391 e. The number of thioether (sulfide) groups is 1. The van der Waals surface area contributed by atoms with Crippen LogP contribution in [0.1, 0.15) is 31.5 Å². The Hall–Kier alpha value is -2.21. The first-order valence-corrected chi connectivity index (χ1v) is 12.2. The molecule has 9 nitrogen and oxygen atoms in total. The maximum absolute atomic E-state index is 10.7. The van der Waals surface area contributed by atoms with Crippen LogP contribution in [0.15, 0.2) is 41.1 Å². The second-order valence-corrected chi connectivity index (χ2v) is 10.2. The Kier molecular flexibility index (Phi) is 4.67. The predicted octanol–water partition coefficient (Wildman–Crippen LogP) is 2.12. The number of aromatic nitrogens is 5. The van der Waals surface area contributed by atoms with Crippen molar-refractivity contribution in [3.8, 4) is 10.7 Å². The van der Waals surface area contributed by atoms with E-state index < -0.39 is 6.10 Å². The Labute approximate surface area is 187 Å². The van der Waals surface area contributed by atoms with Crippen LogP contribution in [0.2, 0.25) is 0 Å². The van der Waals surface area contributed by atoms with Crippen LogP contribution in [0.4, 0.5) is 0 Å². The van der Waals surface area contributed by atoms with Gasteiger partial charge in [0.1, 0.15) is 17.0 Å². The zero-order chi connectivity index (χ0) is 21.0. The molecule has 0 bridgehead atoms. The van der Waals surface area contributed by atoms with Gasteiger partial charge in [-0.25, -0.2) is 9.67 Å². The number of aliphatic imine (C=N–C) groups is 1. The van der Waals surface area contributed by atoms with Crippen LogP contribution >= 0.6 is 23.1 Å². The number of imidazole rings is 1. The Bertz CT molecular complexity index is 1110. The summed E-state index contributed by atoms with van der Waals surface area (Å²) < 4.78 is 10.5. The Balaban J connectivity index is 1.16. The van der Waals surface area contributed by atoms with Crippen LogP contribution in [-0.2, 0) is 11.3 Å². The number of aliphatic hydroxyl groups excluding tert-OH is 1. The number of nitrogens with zero attached hydrogens (tertiary/aromatic N) is 6. The molecule has 0 aromatic carbocycles. The van der Waals surface area contributed by atoms with Gasteiger partial charge in [-0.05, 0) is 18.4 Å². The highest BCUT2D eigenvalue weighted by Crippen LogP contribution is 2.58. The van der Waals surface area contributed by atoms with Gasteiger partial charge in [-0.15, -0.1) is 16.4 Å². The SMILES string of the molecule is CCN=C1N[C@H]2[C@H](OC3(CC3n3cc(Cn4ccnc4-c4cccs4)nn3)C[C@@H]2O)S1. The molecule has 0 amide bonds. The van der Waals surface area contributed by atoms with E-state index in [0.717, 1.165) is 28.0 Å². The zero-order valence-corrected chi connectivity index (χ0v) is 18.6. The van der Waals surface area contributed by atoms with E-state index in [1.54, 1.807) is 23.1 Å². The van der Waals surface area contributed by atoms with E-state index in [2.05, 4.69) is 41.6 Å². The molecule has 0 radical (unpaired) electrons. The third-order valence-corrected chi connectivity index (χ3v) is 8.04. The molecule has 3 aliphatic rings. The molecule has 5 atom stereocenters. The van der Waals surface area contributed by atoms with Crippen molar-refractivity contribution < 1.29 is 9.84 Å². The van der Waals surface area contributed by atoms with Gasteiger partial charge >= 0.3 is 0 Å². The van der Waals surface area contributed by atoms with Crippen molar-refractivity contribution in [1.29, 1.82) is 0 Å². The van der Waals surface area contributed by atoms with Gasteiger partial charge < -0.3 is 19.7 Å². The number of hydrogen-bond acceptors (Lipinski definition) is 8. The number of fused-ring (bicyclic) bond motifs is 1. The molecule has 1 saturated carbocycles. The standard InChI is InChI=1S/C20H23N7O2S2/c1-2-21-19-23-16-13(28)8-20(29-18(16)31-19)9-15(20)27-11-12(24-25-27)10-26-6-5-22-17(26)14-4-3-7-30-14/h3-7,11,13,15-16,18,28H,2,8-10H2,1H3,(H,21,23)/t13-,15?,16+,18+,20?/m0/s1. The average molecular weight is 458 g/mol. The molecule has 5 heterocycles. The molecule has 31 heavy (non-hydrogen) atoms. The minimum atomic E-state index is -0.469. The molecule has 2 saturated heterocycles. The first kappa shape index (κ1) is 19.5. The fourth-order valence-electron chi connectivity index (χ4n) is 4.52. The average Bonchev–Trinajstić information content (AvgIpc) is 3.34. The summed E-state index contributed by atoms with van der Waals surface area (Å²) in [6, 6.07) is 4.09. The van der Waals surface area contributed by atoms with Gasteiger partial charge in [0.15, 0.2) is 5.17 Å². The third-order valence-electron chi connectivity index (χ3n) is 6.09. The third kappa shape index (κ3) is 3.39. The molecule has 2 unspecified atom stereocenters. The minimum absolute atomic E-state index is 0.0941. The second-order valence-electron chi connectivity index (χ2n) is 8.16. The van der Waals surface area contributed by atoms with Crippen molar-refractivity contribution in [3.63, 3.8) is 0 Å².